The highest BCUT2D eigenvalue weighted by Gasteiger charge is 2.21. The van der Waals surface area contributed by atoms with Gasteiger partial charge in [0.2, 0.25) is 5.91 Å². The molecule has 0 saturated carbocycles. The number of benzene rings is 2. The van der Waals surface area contributed by atoms with Crippen LogP contribution in [0.5, 0.6) is 5.75 Å². The summed E-state index contributed by atoms with van der Waals surface area (Å²) in [6.07, 6.45) is 2.71. The van der Waals surface area contributed by atoms with Crippen LogP contribution in [0.2, 0.25) is 0 Å². The zero-order valence-electron chi connectivity index (χ0n) is 15.5. The maximum atomic E-state index is 13.1. The first-order valence-electron chi connectivity index (χ1n) is 9.04. The molecule has 0 N–H and O–H groups in total. The summed E-state index contributed by atoms with van der Waals surface area (Å²) in [4.78, 5) is 19.4. The van der Waals surface area contributed by atoms with Crippen molar-refractivity contribution in [3.8, 4) is 5.75 Å². The van der Waals surface area contributed by atoms with Gasteiger partial charge in [0.15, 0.2) is 5.13 Å². The first kappa shape index (κ1) is 18.3. The molecule has 0 bridgehead atoms. The highest BCUT2D eigenvalue weighted by Crippen LogP contribution is 2.32. The molecule has 0 aliphatic heterocycles. The second-order valence-electron chi connectivity index (χ2n) is 6.37. The van der Waals surface area contributed by atoms with Crippen molar-refractivity contribution in [2.75, 3.05) is 12.0 Å². The van der Waals surface area contributed by atoms with Gasteiger partial charge in [-0.2, -0.15) is 0 Å². The van der Waals surface area contributed by atoms with Crippen LogP contribution in [-0.2, 0) is 17.8 Å². The normalized spacial score (nSPS) is 10.9. The van der Waals surface area contributed by atoms with Gasteiger partial charge in [0, 0.05) is 6.42 Å². The molecule has 6 heteroatoms. The van der Waals surface area contributed by atoms with Crippen molar-refractivity contribution in [3.63, 3.8) is 0 Å². The molecule has 1 amide bonds. The number of methoxy groups -OCH3 is 1. The summed E-state index contributed by atoms with van der Waals surface area (Å²) in [6.45, 7) is 0.359. The monoisotopic (exact) mass is 392 g/mol. The maximum absolute atomic E-state index is 13.1. The van der Waals surface area contributed by atoms with Crippen LogP contribution in [0.25, 0.3) is 10.2 Å². The fourth-order valence-electron chi connectivity index (χ4n) is 2.99. The first-order chi connectivity index (χ1) is 13.7. The lowest BCUT2D eigenvalue weighted by Gasteiger charge is -2.18. The molecule has 0 aliphatic rings. The summed E-state index contributed by atoms with van der Waals surface area (Å²) in [5.74, 6) is 1.52. The number of furan rings is 1. The standard InChI is InChI=1S/C22H20N2O3S/c1-26-17-10-11-19-20(14-17)28-22(23-19)24(15-18-8-5-13-27-18)21(25)12-9-16-6-3-2-4-7-16/h2-8,10-11,13-14H,9,12,15H2,1H3. The number of anilines is 1. The second kappa shape index (κ2) is 8.27. The summed E-state index contributed by atoms with van der Waals surface area (Å²) in [7, 11) is 1.64. The van der Waals surface area contributed by atoms with Crippen LogP contribution in [0.4, 0.5) is 5.13 Å². The molecule has 0 spiro atoms. The van der Waals surface area contributed by atoms with Crippen molar-refractivity contribution in [3.05, 3.63) is 78.3 Å². The Bertz CT molecular complexity index is 1060. The van der Waals surface area contributed by atoms with Gasteiger partial charge in [-0.15, -0.1) is 0 Å². The van der Waals surface area contributed by atoms with Crippen LogP contribution in [0.15, 0.2) is 71.3 Å². The molecule has 0 atom stereocenters. The zero-order chi connectivity index (χ0) is 19.3. The van der Waals surface area contributed by atoms with Gasteiger partial charge in [0.25, 0.3) is 0 Å². The fourth-order valence-corrected chi connectivity index (χ4v) is 4.00. The Morgan fingerprint density at radius 2 is 2.00 bits per heavy atom. The number of amides is 1. The fraction of sp³-hybridized carbons (Fsp3) is 0.182. The summed E-state index contributed by atoms with van der Waals surface area (Å²) < 4.78 is 11.7. The van der Waals surface area contributed by atoms with Crippen LogP contribution in [0.3, 0.4) is 0 Å². The van der Waals surface area contributed by atoms with E-state index < -0.39 is 0 Å². The van der Waals surface area contributed by atoms with Crippen LogP contribution in [0, 0.1) is 0 Å². The molecule has 0 saturated heterocycles. The van der Waals surface area contributed by atoms with E-state index in [2.05, 4.69) is 4.98 Å². The second-order valence-corrected chi connectivity index (χ2v) is 7.38. The number of aromatic nitrogens is 1. The average molecular weight is 392 g/mol. The van der Waals surface area contributed by atoms with Crippen LogP contribution in [0.1, 0.15) is 17.7 Å². The highest BCUT2D eigenvalue weighted by molar-refractivity contribution is 7.22. The van der Waals surface area contributed by atoms with Crippen molar-refractivity contribution in [1.29, 1.82) is 0 Å². The van der Waals surface area contributed by atoms with E-state index in [4.69, 9.17) is 9.15 Å². The van der Waals surface area contributed by atoms with Crippen molar-refractivity contribution >= 4 is 32.6 Å². The third kappa shape index (κ3) is 4.07. The minimum Gasteiger partial charge on any atom is -0.497 e. The molecule has 28 heavy (non-hydrogen) atoms. The van der Waals surface area contributed by atoms with Gasteiger partial charge in [-0.3, -0.25) is 9.69 Å². The smallest absolute Gasteiger partial charge is 0.229 e. The third-order valence-electron chi connectivity index (χ3n) is 4.48. The number of carbonyl (C=O) groups excluding carboxylic acids is 1. The van der Waals surface area contributed by atoms with Crippen molar-refractivity contribution < 1.29 is 13.9 Å². The number of nitrogens with zero attached hydrogens (tertiary/aromatic N) is 2. The summed E-state index contributed by atoms with van der Waals surface area (Å²) in [5, 5.41) is 0.665. The lowest BCUT2D eigenvalue weighted by molar-refractivity contribution is -0.118. The Labute approximate surface area is 167 Å². The molecule has 5 nitrogen and oxygen atoms in total. The number of aryl methyl sites for hydroxylation is 1. The summed E-state index contributed by atoms with van der Waals surface area (Å²) in [5.41, 5.74) is 1.99. The molecule has 0 fully saturated rings. The van der Waals surface area contributed by atoms with E-state index in [0.717, 1.165) is 27.3 Å². The third-order valence-corrected chi connectivity index (χ3v) is 5.52. The predicted octanol–water partition coefficient (Wildman–Crippen LogP) is 5.06. The van der Waals surface area contributed by atoms with Gasteiger partial charge in [-0.1, -0.05) is 41.7 Å². The quantitative estimate of drug-likeness (QED) is 0.441. The van der Waals surface area contributed by atoms with E-state index in [1.165, 1.54) is 11.3 Å². The number of ether oxygens (including phenoxy) is 1. The maximum Gasteiger partial charge on any atom is 0.229 e. The molecule has 0 unspecified atom stereocenters. The van der Waals surface area contributed by atoms with E-state index >= 15 is 0 Å². The summed E-state index contributed by atoms with van der Waals surface area (Å²) >= 11 is 1.48. The van der Waals surface area contributed by atoms with Gasteiger partial charge in [-0.05, 0) is 42.3 Å². The van der Waals surface area contributed by atoms with Crippen LogP contribution < -0.4 is 9.64 Å². The van der Waals surface area contributed by atoms with Crippen LogP contribution >= 0.6 is 11.3 Å². The molecule has 0 aliphatic carbocycles. The molecular weight excluding hydrogens is 372 g/mol. The highest BCUT2D eigenvalue weighted by atomic mass is 32.1. The van der Waals surface area contributed by atoms with Crippen molar-refractivity contribution in [2.45, 2.75) is 19.4 Å². The molecular formula is C22H20N2O3S. The van der Waals surface area contributed by atoms with Gasteiger partial charge in [0.05, 0.1) is 30.1 Å². The molecule has 2 aromatic carbocycles. The van der Waals surface area contributed by atoms with Crippen LogP contribution in [-0.4, -0.2) is 18.0 Å². The van der Waals surface area contributed by atoms with Crippen molar-refractivity contribution in [2.24, 2.45) is 0 Å². The average Bonchev–Trinajstić information content (AvgIpc) is 3.39. The number of hydrogen-bond acceptors (Lipinski definition) is 5. The molecule has 2 aromatic heterocycles. The Morgan fingerprint density at radius 1 is 1.14 bits per heavy atom. The van der Waals surface area contributed by atoms with E-state index in [0.29, 0.717) is 24.5 Å². The molecule has 4 rings (SSSR count). The SMILES string of the molecule is COc1ccc2nc(N(Cc3ccco3)C(=O)CCc3ccccc3)sc2c1. The zero-order valence-corrected chi connectivity index (χ0v) is 16.3. The number of fused-ring (bicyclic) bond motifs is 1. The van der Waals surface area contributed by atoms with E-state index in [9.17, 15) is 4.79 Å². The largest absolute Gasteiger partial charge is 0.497 e. The van der Waals surface area contributed by atoms with Gasteiger partial charge in [0.1, 0.15) is 11.5 Å². The lowest BCUT2D eigenvalue weighted by Crippen LogP contribution is -2.30. The number of hydrogen-bond donors (Lipinski definition) is 0. The Hall–Kier alpha value is -3.12. The molecule has 0 radical (unpaired) electrons. The Morgan fingerprint density at radius 3 is 2.75 bits per heavy atom. The van der Waals surface area contributed by atoms with Gasteiger partial charge in [-0.25, -0.2) is 4.98 Å². The van der Waals surface area contributed by atoms with Gasteiger partial charge >= 0.3 is 0 Å². The molecule has 4 aromatic rings. The van der Waals surface area contributed by atoms with Crippen molar-refractivity contribution in [1.82, 2.24) is 4.98 Å². The Kier molecular flexibility index (Phi) is 5.39. The number of thiazole rings is 1. The molecule has 2 heterocycles. The van der Waals surface area contributed by atoms with E-state index in [1.54, 1.807) is 18.3 Å². The van der Waals surface area contributed by atoms with E-state index in [1.807, 2.05) is 60.7 Å². The molecule has 142 valence electrons. The summed E-state index contributed by atoms with van der Waals surface area (Å²) in [6, 6.07) is 19.4. The number of carbonyl (C=O) groups is 1. The minimum absolute atomic E-state index is 0.0197. The number of rotatable bonds is 7. The van der Waals surface area contributed by atoms with E-state index in [-0.39, 0.29) is 5.91 Å². The minimum atomic E-state index is 0.0197. The topological polar surface area (TPSA) is 55.6 Å². The predicted molar refractivity (Wildman–Crippen MR) is 111 cm³/mol. The Balaban J connectivity index is 1.60. The lowest BCUT2D eigenvalue weighted by atomic mass is 10.1. The van der Waals surface area contributed by atoms with Gasteiger partial charge < -0.3 is 9.15 Å². The first-order valence-corrected chi connectivity index (χ1v) is 9.86.